The fourth-order valence-electron chi connectivity index (χ4n) is 5.46. The van der Waals surface area contributed by atoms with Gasteiger partial charge in [0.05, 0.1) is 12.2 Å². The summed E-state index contributed by atoms with van der Waals surface area (Å²) in [6, 6.07) is 0.400. The predicted molar refractivity (Wildman–Crippen MR) is 124 cm³/mol. The van der Waals surface area contributed by atoms with E-state index in [2.05, 4.69) is 10.2 Å². The highest BCUT2D eigenvalue weighted by Gasteiger charge is 2.30. The van der Waals surface area contributed by atoms with Crippen LogP contribution in [0.5, 0.6) is 0 Å². The van der Waals surface area contributed by atoms with Crippen molar-refractivity contribution in [1.82, 2.24) is 24.7 Å². The quantitative estimate of drug-likeness (QED) is 0.754. The number of piperidine rings is 1. The average molecular weight is 443 g/mol. The summed E-state index contributed by atoms with van der Waals surface area (Å²) < 4.78 is 0. The maximum Gasteiger partial charge on any atom is 0.236 e. The van der Waals surface area contributed by atoms with Gasteiger partial charge in [-0.1, -0.05) is 19.3 Å². The van der Waals surface area contributed by atoms with Gasteiger partial charge in [-0.15, -0.1) is 0 Å². The summed E-state index contributed by atoms with van der Waals surface area (Å²) in [5.41, 5.74) is 2.19. The third-order valence-electron chi connectivity index (χ3n) is 7.50. The van der Waals surface area contributed by atoms with Crippen molar-refractivity contribution in [2.45, 2.75) is 76.8 Å². The molecule has 32 heavy (non-hydrogen) atoms. The number of nitrogens with one attached hydrogen (secondary N) is 1. The fraction of sp³-hybridized carbons (Fsp3) is 0.750. The van der Waals surface area contributed by atoms with E-state index in [4.69, 9.17) is 9.97 Å². The standard InChI is InChI=1S/C24H38N6O2/c1-17(31)30-12-7-8-18(14-30)23-26-21-11-13-29(15-20(21)24(25-2)27-23)16-22(32)28(3)19-9-5-4-6-10-19/h18-19H,4-16H2,1-3H3,(H,25,26,27). The molecule has 1 saturated carbocycles. The number of carbonyl (C=O) groups is 2. The number of nitrogens with zero attached hydrogens (tertiary/aromatic N) is 5. The first-order valence-corrected chi connectivity index (χ1v) is 12.3. The molecular weight excluding hydrogens is 404 g/mol. The second-order valence-corrected chi connectivity index (χ2v) is 9.67. The van der Waals surface area contributed by atoms with E-state index in [1.54, 1.807) is 6.92 Å². The lowest BCUT2D eigenvalue weighted by atomic mass is 9.94. The highest BCUT2D eigenvalue weighted by atomic mass is 16.2. The molecule has 0 bridgehead atoms. The molecule has 1 saturated heterocycles. The van der Waals surface area contributed by atoms with Crippen molar-refractivity contribution in [3.63, 3.8) is 0 Å². The minimum atomic E-state index is 0.125. The van der Waals surface area contributed by atoms with Crippen LogP contribution in [0, 0.1) is 0 Å². The second-order valence-electron chi connectivity index (χ2n) is 9.67. The van der Waals surface area contributed by atoms with E-state index < -0.39 is 0 Å². The Labute approximate surface area is 191 Å². The molecule has 1 N–H and O–H groups in total. The van der Waals surface area contributed by atoms with Gasteiger partial charge in [0.25, 0.3) is 0 Å². The van der Waals surface area contributed by atoms with Crippen LogP contribution in [0.25, 0.3) is 0 Å². The number of hydrogen-bond acceptors (Lipinski definition) is 6. The Morgan fingerprint density at radius 1 is 1.09 bits per heavy atom. The van der Waals surface area contributed by atoms with Gasteiger partial charge < -0.3 is 15.1 Å². The Morgan fingerprint density at radius 2 is 1.88 bits per heavy atom. The number of likely N-dealkylation sites (N-methyl/N-ethyl adjacent to an activating group) is 1. The van der Waals surface area contributed by atoms with Crippen LogP contribution >= 0.6 is 0 Å². The Bertz CT molecular complexity index is 821. The largest absolute Gasteiger partial charge is 0.373 e. The topological polar surface area (TPSA) is 81.7 Å². The molecule has 1 aliphatic carbocycles. The maximum absolute atomic E-state index is 12.9. The van der Waals surface area contributed by atoms with E-state index in [1.807, 2.05) is 23.9 Å². The number of hydrogen-bond donors (Lipinski definition) is 1. The van der Waals surface area contributed by atoms with Gasteiger partial charge in [0.1, 0.15) is 11.6 Å². The van der Waals surface area contributed by atoms with E-state index in [-0.39, 0.29) is 17.7 Å². The summed E-state index contributed by atoms with van der Waals surface area (Å²) in [5, 5.41) is 3.26. The SMILES string of the molecule is CNc1nc(C2CCCN(C(C)=O)C2)nc2c1CN(CC(=O)N(C)C1CCCCC1)CC2. The van der Waals surface area contributed by atoms with Crippen LogP contribution in [-0.2, 0) is 22.6 Å². The first kappa shape index (κ1) is 23.0. The van der Waals surface area contributed by atoms with E-state index in [9.17, 15) is 9.59 Å². The van der Waals surface area contributed by atoms with Gasteiger partial charge in [0, 0.05) is 71.1 Å². The number of amides is 2. The van der Waals surface area contributed by atoms with Crippen molar-refractivity contribution in [1.29, 1.82) is 0 Å². The summed E-state index contributed by atoms with van der Waals surface area (Å²) in [6.07, 6.45) is 8.85. The Kier molecular flexibility index (Phi) is 7.28. The molecule has 1 unspecified atom stereocenters. The summed E-state index contributed by atoms with van der Waals surface area (Å²) in [6.45, 7) is 5.14. The molecule has 2 fully saturated rings. The molecule has 0 spiro atoms. The highest BCUT2D eigenvalue weighted by Crippen LogP contribution is 2.30. The van der Waals surface area contributed by atoms with Gasteiger partial charge in [-0.3, -0.25) is 14.5 Å². The molecular formula is C24H38N6O2. The molecule has 1 aromatic rings. The molecule has 4 rings (SSSR count). The van der Waals surface area contributed by atoms with Crippen LogP contribution < -0.4 is 5.32 Å². The lowest BCUT2D eigenvalue weighted by Gasteiger charge is -2.35. The molecule has 3 heterocycles. The second kappa shape index (κ2) is 10.1. The third kappa shape index (κ3) is 5.05. The number of anilines is 1. The molecule has 176 valence electrons. The molecule has 8 nitrogen and oxygen atoms in total. The number of likely N-dealkylation sites (tertiary alicyclic amines) is 1. The zero-order chi connectivity index (χ0) is 22.7. The summed E-state index contributed by atoms with van der Waals surface area (Å²) >= 11 is 0. The van der Waals surface area contributed by atoms with Crippen molar-refractivity contribution in [3.8, 4) is 0 Å². The van der Waals surface area contributed by atoms with Gasteiger partial charge in [-0.25, -0.2) is 9.97 Å². The molecule has 3 aliphatic rings. The lowest BCUT2D eigenvalue weighted by molar-refractivity contribution is -0.134. The average Bonchev–Trinajstić information content (AvgIpc) is 2.83. The van der Waals surface area contributed by atoms with Crippen molar-refractivity contribution in [2.24, 2.45) is 0 Å². The third-order valence-corrected chi connectivity index (χ3v) is 7.50. The van der Waals surface area contributed by atoms with Gasteiger partial charge in [0.15, 0.2) is 0 Å². The normalized spacial score (nSPS) is 22.3. The van der Waals surface area contributed by atoms with Gasteiger partial charge >= 0.3 is 0 Å². The van der Waals surface area contributed by atoms with Gasteiger partial charge in [0.2, 0.25) is 11.8 Å². The molecule has 1 atom stereocenters. The number of carbonyl (C=O) groups excluding carboxylic acids is 2. The summed E-state index contributed by atoms with van der Waals surface area (Å²) in [5.74, 6) is 2.24. The molecule has 2 amide bonds. The number of fused-ring (bicyclic) bond motifs is 1. The van der Waals surface area contributed by atoms with Crippen molar-refractivity contribution in [2.75, 3.05) is 45.6 Å². The first-order valence-electron chi connectivity index (χ1n) is 12.3. The summed E-state index contributed by atoms with van der Waals surface area (Å²) in [7, 11) is 3.87. The Morgan fingerprint density at radius 3 is 2.59 bits per heavy atom. The highest BCUT2D eigenvalue weighted by molar-refractivity contribution is 5.78. The minimum Gasteiger partial charge on any atom is -0.373 e. The van der Waals surface area contributed by atoms with Crippen LogP contribution in [0.2, 0.25) is 0 Å². The lowest BCUT2D eigenvalue weighted by Crippen LogP contribution is -2.45. The van der Waals surface area contributed by atoms with E-state index in [0.717, 1.165) is 68.1 Å². The van der Waals surface area contributed by atoms with E-state index in [0.29, 0.717) is 25.7 Å². The van der Waals surface area contributed by atoms with Gasteiger partial charge in [-0.2, -0.15) is 0 Å². The van der Waals surface area contributed by atoms with E-state index >= 15 is 0 Å². The van der Waals surface area contributed by atoms with Crippen LogP contribution in [0.4, 0.5) is 5.82 Å². The zero-order valence-electron chi connectivity index (χ0n) is 19.9. The summed E-state index contributed by atoms with van der Waals surface area (Å²) in [4.78, 5) is 40.7. The van der Waals surface area contributed by atoms with Crippen LogP contribution in [0.3, 0.4) is 0 Å². The molecule has 1 aromatic heterocycles. The smallest absolute Gasteiger partial charge is 0.236 e. The monoisotopic (exact) mass is 442 g/mol. The van der Waals surface area contributed by atoms with Crippen LogP contribution in [0.1, 0.15) is 74.9 Å². The molecule has 0 radical (unpaired) electrons. The van der Waals surface area contributed by atoms with Crippen molar-refractivity contribution >= 4 is 17.6 Å². The predicted octanol–water partition coefficient (Wildman–Crippen LogP) is 2.39. The van der Waals surface area contributed by atoms with Crippen LogP contribution in [0.15, 0.2) is 0 Å². The number of aromatic nitrogens is 2. The first-order chi connectivity index (χ1) is 15.5. The van der Waals surface area contributed by atoms with E-state index in [1.165, 1.54) is 19.3 Å². The Hall–Kier alpha value is -2.22. The maximum atomic E-state index is 12.9. The van der Waals surface area contributed by atoms with Crippen molar-refractivity contribution in [3.05, 3.63) is 17.1 Å². The minimum absolute atomic E-state index is 0.125. The molecule has 2 aliphatic heterocycles. The van der Waals surface area contributed by atoms with Gasteiger partial charge in [-0.05, 0) is 25.7 Å². The fourth-order valence-corrected chi connectivity index (χ4v) is 5.46. The molecule has 8 heteroatoms. The molecule has 0 aromatic carbocycles. The zero-order valence-corrected chi connectivity index (χ0v) is 19.9. The van der Waals surface area contributed by atoms with Crippen LogP contribution in [-0.4, -0.2) is 82.8 Å². The Balaban J connectivity index is 1.44. The van der Waals surface area contributed by atoms with Crippen molar-refractivity contribution < 1.29 is 9.59 Å². The number of rotatable bonds is 5.